The van der Waals surface area contributed by atoms with Gasteiger partial charge in [0.1, 0.15) is 0 Å². The van der Waals surface area contributed by atoms with Crippen LogP contribution in [-0.4, -0.2) is 19.6 Å². The minimum absolute atomic E-state index is 0.715. The molecule has 0 amide bonds. The number of aromatic nitrogens is 4. The Morgan fingerprint density at radius 1 is 0.625 bits per heavy atom. The Bertz CT molecular complexity index is 1290. The van der Waals surface area contributed by atoms with Gasteiger partial charge in [-0.25, -0.2) is 9.36 Å². The largest absolute Gasteiger partial charge is 0.308 e. The normalized spacial score (nSPS) is 11.0. The third kappa shape index (κ3) is 4.24. The molecule has 0 spiro atoms. The molecule has 0 atom stereocenters. The van der Waals surface area contributed by atoms with E-state index in [1.807, 2.05) is 51.8 Å². The number of benzene rings is 3. The lowest BCUT2D eigenvalue weighted by atomic mass is 10.1. The molecule has 0 aliphatic heterocycles. The van der Waals surface area contributed by atoms with Gasteiger partial charge in [-0.1, -0.05) is 66.7 Å². The Morgan fingerprint density at radius 3 is 1.75 bits per heavy atom. The fraction of sp³-hybridized carbons (Fsp3) is 0.111. The summed E-state index contributed by atoms with van der Waals surface area (Å²) in [7, 11) is 0. The summed E-state index contributed by atoms with van der Waals surface area (Å²) >= 11 is 0. The molecule has 32 heavy (non-hydrogen) atoms. The van der Waals surface area contributed by atoms with Crippen molar-refractivity contribution >= 4 is 0 Å². The van der Waals surface area contributed by atoms with Gasteiger partial charge in [0.05, 0.1) is 22.8 Å². The van der Waals surface area contributed by atoms with Crippen LogP contribution in [0.5, 0.6) is 0 Å². The third-order valence-corrected chi connectivity index (χ3v) is 5.51. The smallest absolute Gasteiger partial charge is 0.0972 e. The second-order valence-electron chi connectivity index (χ2n) is 7.77. The highest BCUT2D eigenvalue weighted by atomic mass is 15.3. The average Bonchev–Trinajstić information content (AvgIpc) is 3.45. The van der Waals surface area contributed by atoms with Crippen molar-refractivity contribution in [2.24, 2.45) is 0 Å². The van der Waals surface area contributed by atoms with Gasteiger partial charge in [0.2, 0.25) is 0 Å². The molecule has 2 heterocycles. The molecule has 0 aliphatic rings. The van der Waals surface area contributed by atoms with E-state index in [1.54, 1.807) is 0 Å². The molecule has 5 rings (SSSR count). The van der Waals surface area contributed by atoms with Gasteiger partial charge in [-0.3, -0.25) is 0 Å². The Morgan fingerprint density at radius 2 is 1.12 bits per heavy atom. The number of hydrogen-bond acceptors (Lipinski definition) is 3. The zero-order chi connectivity index (χ0) is 21.8. The molecule has 5 nitrogen and oxygen atoms in total. The fourth-order valence-electron chi connectivity index (χ4n) is 3.81. The van der Waals surface area contributed by atoms with Gasteiger partial charge in [-0.05, 0) is 31.2 Å². The minimum Gasteiger partial charge on any atom is -0.308 e. The summed E-state index contributed by atoms with van der Waals surface area (Å²) in [4.78, 5) is 0. The molecule has 158 valence electrons. The monoisotopic (exact) mass is 419 g/mol. The second-order valence-corrected chi connectivity index (χ2v) is 7.77. The van der Waals surface area contributed by atoms with Crippen LogP contribution in [0.3, 0.4) is 0 Å². The molecule has 0 bridgehead atoms. The van der Waals surface area contributed by atoms with E-state index in [0.29, 0.717) is 6.54 Å². The predicted octanol–water partition coefficient (Wildman–Crippen LogP) is 5.32. The van der Waals surface area contributed by atoms with Crippen molar-refractivity contribution in [2.45, 2.75) is 20.0 Å². The predicted molar refractivity (Wildman–Crippen MR) is 128 cm³/mol. The standard InChI is InChI=1S/C27H25N5/c1-21-23(19-31(29-21)25-13-7-3-8-14-25)17-28-18-24-20-32(26-15-9-4-10-16-26)30-27(24)22-11-5-2-6-12-22/h2-16,19-20,28H,17-18H2,1H3. The summed E-state index contributed by atoms with van der Waals surface area (Å²) in [6.45, 7) is 3.51. The number of nitrogens with zero attached hydrogens (tertiary/aromatic N) is 4. The SMILES string of the molecule is Cc1nn(-c2ccccc2)cc1CNCc1cn(-c2ccccc2)nc1-c1ccccc1. The zero-order valence-electron chi connectivity index (χ0n) is 18.0. The lowest BCUT2D eigenvalue weighted by molar-refractivity contribution is 0.691. The first-order chi connectivity index (χ1) is 15.8. The first-order valence-corrected chi connectivity index (χ1v) is 10.8. The van der Waals surface area contributed by atoms with E-state index in [9.17, 15) is 0 Å². The summed E-state index contributed by atoms with van der Waals surface area (Å²) in [6.07, 6.45) is 4.22. The summed E-state index contributed by atoms with van der Waals surface area (Å²) < 4.78 is 3.90. The summed E-state index contributed by atoms with van der Waals surface area (Å²) in [5.41, 5.74) is 7.61. The maximum atomic E-state index is 4.90. The summed E-state index contributed by atoms with van der Waals surface area (Å²) in [5.74, 6) is 0. The topological polar surface area (TPSA) is 47.7 Å². The first-order valence-electron chi connectivity index (χ1n) is 10.8. The Hall–Kier alpha value is -3.96. The van der Waals surface area contributed by atoms with Crippen molar-refractivity contribution in [2.75, 3.05) is 0 Å². The highest BCUT2D eigenvalue weighted by Crippen LogP contribution is 2.24. The highest BCUT2D eigenvalue weighted by molar-refractivity contribution is 5.63. The van der Waals surface area contributed by atoms with Crippen LogP contribution in [0.15, 0.2) is 103 Å². The summed E-state index contributed by atoms with van der Waals surface area (Å²) in [5, 5.41) is 13.2. The Kier molecular flexibility index (Phi) is 5.64. The van der Waals surface area contributed by atoms with E-state index in [1.165, 1.54) is 5.56 Å². The van der Waals surface area contributed by atoms with Crippen LogP contribution < -0.4 is 5.32 Å². The quantitative estimate of drug-likeness (QED) is 0.388. The molecule has 1 N–H and O–H groups in total. The summed E-state index contributed by atoms with van der Waals surface area (Å²) in [6, 6.07) is 30.8. The molecule has 2 aromatic heterocycles. The molecule has 0 aliphatic carbocycles. The Labute approximate surface area is 188 Å². The van der Waals surface area contributed by atoms with Gasteiger partial charge in [0, 0.05) is 42.2 Å². The number of nitrogens with one attached hydrogen (secondary N) is 1. The van der Waals surface area contributed by atoms with Crippen LogP contribution in [-0.2, 0) is 13.1 Å². The number of hydrogen-bond donors (Lipinski definition) is 1. The number of para-hydroxylation sites is 2. The minimum atomic E-state index is 0.715. The number of aryl methyl sites for hydroxylation is 1. The van der Waals surface area contributed by atoms with Gasteiger partial charge in [-0.2, -0.15) is 10.2 Å². The van der Waals surface area contributed by atoms with E-state index >= 15 is 0 Å². The van der Waals surface area contributed by atoms with E-state index in [0.717, 1.165) is 40.4 Å². The first kappa shape index (κ1) is 20.0. The van der Waals surface area contributed by atoms with E-state index in [4.69, 9.17) is 5.10 Å². The molecule has 3 aromatic carbocycles. The molecule has 5 aromatic rings. The van der Waals surface area contributed by atoms with Gasteiger partial charge in [0.25, 0.3) is 0 Å². The van der Waals surface area contributed by atoms with E-state index < -0.39 is 0 Å². The van der Waals surface area contributed by atoms with Crippen molar-refractivity contribution < 1.29 is 0 Å². The van der Waals surface area contributed by atoms with Crippen LogP contribution in [0.4, 0.5) is 0 Å². The highest BCUT2D eigenvalue weighted by Gasteiger charge is 2.13. The van der Waals surface area contributed by atoms with Crippen LogP contribution in [0.2, 0.25) is 0 Å². The van der Waals surface area contributed by atoms with Crippen molar-refractivity contribution in [1.82, 2.24) is 24.9 Å². The van der Waals surface area contributed by atoms with Crippen LogP contribution in [0.25, 0.3) is 22.6 Å². The van der Waals surface area contributed by atoms with Gasteiger partial charge in [0.15, 0.2) is 0 Å². The zero-order valence-corrected chi connectivity index (χ0v) is 18.0. The van der Waals surface area contributed by atoms with Crippen molar-refractivity contribution in [1.29, 1.82) is 0 Å². The van der Waals surface area contributed by atoms with Crippen molar-refractivity contribution in [3.8, 4) is 22.6 Å². The van der Waals surface area contributed by atoms with Crippen LogP contribution in [0.1, 0.15) is 16.8 Å². The second kappa shape index (κ2) is 9.04. The number of rotatable bonds is 7. The lowest BCUT2D eigenvalue weighted by Gasteiger charge is -2.05. The molecule has 0 saturated carbocycles. The maximum absolute atomic E-state index is 4.90. The molecule has 0 radical (unpaired) electrons. The third-order valence-electron chi connectivity index (χ3n) is 5.51. The van der Waals surface area contributed by atoms with Gasteiger partial charge >= 0.3 is 0 Å². The van der Waals surface area contributed by atoms with Gasteiger partial charge < -0.3 is 5.32 Å². The van der Waals surface area contributed by atoms with Crippen LogP contribution >= 0.6 is 0 Å². The van der Waals surface area contributed by atoms with E-state index in [2.05, 4.69) is 78.3 Å². The maximum Gasteiger partial charge on any atom is 0.0972 e. The molecular formula is C27H25N5. The van der Waals surface area contributed by atoms with Crippen molar-refractivity contribution in [3.05, 3.63) is 120 Å². The fourth-order valence-corrected chi connectivity index (χ4v) is 3.81. The molecule has 0 saturated heterocycles. The lowest BCUT2D eigenvalue weighted by Crippen LogP contribution is -2.13. The van der Waals surface area contributed by atoms with Crippen LogP contribution in [0, 0.1) is 6.92 Å². The molecule has 0 unspecified atom stereocenters. The van der Waals surface area contributed by atoms with Gasteiger partial charge in [-0.15, -0.1) is 0 Å². The van der Waals surface area contributed by atoms with E-state index in [-0.39, 0.29) is 0 Å². The molecule has 5 heteroatoms. The Balaban J connectivity index is 1.36. The average molecular weight is 420 g/mol. The van der Waals surface area contributed by atoms with Crippen molar-refractivity contribution in [3.63, 3.8) is 0 Å². The molecular weight excluding hydrogens is 394 g/mol. The molecule has 0 fully saturated rings.